The summed E-state index contributed by atoms with van der Waals surface area (Å²) < 4.78 is 29.8. The van der Waals surface area contributed by atoms with Crippen molar-refractivity contribution < 1.29 is 23.5 Å². The number of nitriles is 2. The maximum atomic E-state index is 15.4. The van der Waals surface area contributed by atoms with E-state index in [9.17, 15) is 14.0 Å². The number of aromatic carboxylic acids is 1. The number of carbonyl (C=O) groups is 2. The zero-order chi connectivity index (χ0) is 40.3. The van der Waals surface area contributed by atoms with E-state index in [-0.39, 0.29) is 26.2 Å². The summed E-state index contributed by atoms with van der Waals surface area (Å²) in [6, 6.07) is 24.6. The molecule has 2 saturated heterocycles. The fourth-order valence-electron chi connectivity index (χ4n) is 6.87. The van der Waals surface area contributed by atoms with E-state index < -0.39 is 17.3 Å². The van der Waals surface area contributed by atoms with E-state index in [0.717, 1.165) is 41.8 Å². The number of nitrogens with zero attached hydrogens (tertiary/aromatic N) is 3. The molecule has 2 heterocycles. The lowest BCUT2D eigenvalue weighted by Gasteiger charge is -2.37. The molecule has 0 bridgehead atoms. The van der Waals surface area contributed by atoms with E-state index in [0.29, 0.717) is 77.1 Å². The molecule has 2 aliphatic heterocycles. The summed E-state index contributed by atoms with van der Waals surface area (Å²) in [5.41, 5.74) is 17.1. The summed E-state index contributed by atoms with van der Waals surface area (Å²) in [4.78, 5) is 25.5. The van der Waals surface area contributed by atoms with Crippen molar-refractivity contribution in [2.24, 2.45) is 0 Å². The molecule has 6 rings (SSSR count). The van der Waals surface area contributed by atoms with Gasteiger partial charge < -0.3 is 26.8 Å². The van der Waals surface area contributed by atoms with Crippen LogP contribution in [-0.4, -0.2) is 48.1 Å². The third kappa shape index (κ3) is 10.7. The molecule has 9 nitrogen and oxygen atoms in total. The van der Waals surface area contributed by atoms with Gasteiger partial charge in [0.2, 0.25) is 0 Å². The Morgan fingerprint density at radius 3 is 1.52 bits per heavy atom. The highest BCUT2D eigenvalue weighted by Gasteiger charge is 2.38. The maximum Gasteiger partial charge on any atom is 0.336 e. The molecule has 2 aliphatic rings. The number of amides is 1. The Morgan fingerprint density at radius 2 is 1.12 bits per heavy atom. The number of carbonyl (C=O) groups excluding carboxylic acids is 1. The molecule has 0 saturated carbocycles. The molecule has 0 spiro atoms. The van der Waals surface area contributed by atoms with E-state index >= 15 is 4.39 Å². The van der Waals surface area contributed by atoms with Crippen LogP contribution in [0.15, 0.2) is 72.8 Å². The average molecular weight is 765 g/mol. The van der Waals surface area contributed by atoms with Crippen LogP contribution < -0.4 is 16.8 Å². The number of benzene rings is 4. The van der Waals surface area contributed by atoms with Gasteiger partial charge in [-0.05, 0) is 122 Å². The first kappa shape index (κ1) is 44.6. The zero-order valence-electron chi connectivity index (χ0n) is 32.0. The molecule has 0 aliphatic carbocycles. The third-order valence-corrected chi connectivity index (χ3v) is 10.5. The van der Waals surface area contributed by atoms with Crippen LogP contribution in [0.3, 0.4) is 0 Å². The largest absolute Gasteiger partial charge is 0.478 e. The van der Waals surface area contributed by atoms with Gasteiger partial charge in [0, 0.05) is 42.9 Å². The smallest absolute Gasteiger partial charge is 0.336 e. The number of hydrogen-bond donors (Lipinski definition) is 4. The summed E-state index contributed by atoms with van der Waals surface area (Å²) in [6.45, 7) is 9.89. The molecule has 1 amide bonds. The lowest BCUT2D eigenvalue weighted by molar-refractivity contribution is 0.0420. The number of nitrogen functional groups attached to an aromatic ring is 2. The fourth-order valence-corrected chi connectivity index (χ4v) is 6.87. The van der Waals surface area contributed by atoms with E-state index in [1.165, 1.54) is 6.07 Å². The predicted molar refractivity (Wildman–Crippen MR) is 219 cm³/mol. The predicted octanol–water partition coefficient (Wildman–Crippen LogP) is 8.69. The molecule has 11 heteroatoms. The van der Waals surface area contributed by atoms with Crippen LogP contribution >= 0.6 is 0 Å². The van der Waals surface area contributed by atoms with Gasteiger partial charge in [0.25, 0.3) is 5.91 Å². The molecule has 2 fully saturated rings. The van der Waals surface area contributed by atoms with Gasteiger partial charge >= 0.3 is 5.97 Å². The first-order valence-corrected chi connectivity index (χ1v) is 18.6. The van der Waals surface area contributed by atoms with E-state index in [1.807, 2.05) is 52.0 Å². The molecular formula is C45H54F2N6O3. The number of aryl methyl sites for hydroxylation is 4. The lowest BCUT2D eigenvalue weighted by Crippen LogP contribution is -2.43. The van der Waals surface area contributed by atoms with Crippen molar-refractivity contribution in [3.8, 4) is 12.1 Å². The quantitative estimate of drug-likeness (QED) is 0.141. The van der Waals surface area contributed by atoms with Crippen LogP contribution in [0.5, 0.6) is 0 Å². The number of nitrogens with two attached hydrogens (primary N) is 2. The number of anilines is 2. The van der Waals surface area contributed by atoms with Gasteiger partial charge in [0.15, 0.2) is 0 Å². The first-order valence-electron chi connectivity index (χ1n) is 18.6. The van der Waals surface area contributed by atoms with Crippen LogP contribution in [0.4, 0.5) is 20.2 Å². The Bertz CT molecular complexity index is 2060. The highest BCUT2D eigenvalue weighted by atomic mass is 19.1. The van der Waals surface area contributed by atoms with Crippen LogP contribution in [0.25, 0.3) is 0 Å². The van der Waals surface area contributed by atoms with Gasteiger partial charge in [0.05, 0.1) is 28.8 Å². The summed E-state index contributed by atoms with van der Waals surface area (Å²) in [7, 11) is 0. The highest BCUT2D eigenvalue weighted by molar-refractivity contribution is 5.97. The number of hydrogen-bond acceptors (Lipinski definition) is 7. The van der Waals surface area contributed by atoms with Crippen LogP contribution in [0, 0.1) is 36.5 Å². The van der Waals surface area contributed by atoms with Crippen LogP contribution in [0.1, 0.15) is 112 Å². The van der Waals surface area contributed by atoms with Crippen molar-refractivity contribution >= 4 is 23.3 Å². The van der Waals surface area contributed by atoms with Crippen LogP contribution in [-0.2, 0) is 24.2 Å². The Kier molecular flexibility index (Phi) is 15.7. The summed E-state index contributed by atoms with van der Waals surface area (Å²) >= 11 is 0. The van der Waals surface area contributed by atoms with Crippen molar-refractivity contribution in [1.29, 1.82) is 10.5 Å². The fraction of sp³-hybridized carbons (Fsp3) is 0.378. The Hall–Kier alpha value is -5.78. The summed E-state index contributed by atoms with van der Waals surface area (Å²) in [6.07, 6.45) is 2.97. The number of carboxylic acid groups (broad SMARTS) is 1. The minimum Gasteiger partial charge on any atom is -0.478 e. The van der Waals surface area contributed by atoms with Gasteiger partial charge in [-0.25, -0.2) is 13.6 Å². The van der Waals surface area contributed by atoms with E-state index in [1.54, 1.807) is 59.5 Å². The Balaban J connectivity index is 0.000000245. The molecule has 0 aromatic heterocycles. The monoisotopic (exact) mass is 764 g/mol. The highest BCUT2D eigenvalue weighted by Crippen LogP contribution is 2.38. The van der Waals surface area contributed by atoms with Crippen molar-refractivity contribution in [1.82, 2.24) is 10.2 Å². The third-order valence-electron chi connectivity index (χ3n) is 10.5. The molecule has 4 aromatic carbocycles. The number of rotatable bonds is 6. The zero-order valence-corrected chi connectivity index (χ0v) is 32.0. The van der Waals surface area contributed by atoms with Gasteiger partial charge in [0.1, 0.15) is 11.3 Å². The van der Waals surface area contributed by atoms with E-state index in [4.69, 9.17) is 27.1 Å². The number of halogens is 2. The van der Waals surface area contributed by atoms with Gasteiger partial charge in [-0.3, -0.25) is 4.79 Å². The molecular weight excluding hydrogens is 711 g/mol. The molecule has 0 radical (unpaired) electrons. The molecule has 4 aromatic rings. The van der Waals surface area contributed by atoms with Crippen molar-refractivity contribution in [3.05, 3.63) is 128 Å². The second-order valence-corrected chi connectivity index (χ2v) is 14.1. The molecule has 56 heavy (non-hydrogen) atoms. The first-order chi connectivity index (χ1) is 26.2. The number of likely N-dealkylation sites (tertiary alicyclic amines) is 1. The minimum atomic E-state index is -1.47. The number of carboxylic acids is 1. The average Bonchev–Trinajstić information content (AvgIpc) is 3.20. The van der Waals surface area contributed by atoms with Gasteiger partial charge in [-0.1, -0.05) is 57.7 Å². The Morgan fingerprint density at radius 1 is 0.732 bits per heavy atom. The van der Waals surface area contributed by atoms with Crippen molar-refractivity contribution in [2.45, 2.75) is 85.0 Å². The second kappa shape index (κ2) is 19.7. The summed E-state index contributed by atoms with van der Waals surface area (Å²) in [5.74, 6) is -0.996. The minimum absolute atomic E-state index is 0. The van der Waals surface area contributed by atoms with Gasteiger partial charge in [-0.2, -0.15) is 10.5 Å². The Labute approximate surface area is 329 Å². The van der Waals surface area contributed by atoms with Crippen LogP contribution in [0.2, 0.25) is 0 Å². The molecule has 296 valence electrons. The SMILES string of the molecule is C.CCc1cc(C)c(N)cc1C(=O)N1CCC(F)(c2ccc(C#N)cc2)CC1.CCc1cc(C)c(N)cc1C(=O)O.N#Cc1ccc(C2(F)CCNCC2)cc1. The number of alkyl halides is 2. The molecule has 0 unspecified atom stereocenters. The maximum absolute atomic E-state index is 15.4. The normalized spacial score (nSPS) is 15.2. The number of piperidine rings is 2. The van der Waals surface area contributed by atoms with E-state index in [2.05, 4.69) is 5.32 Å². The summed E-state index contributed by atoms with van der Waals surface area (Å²) in [5, 5.41) is 29.5. The topological polar surface area (TPSA) is 169 Å². The number of nitrogens with one attached hydrogen (secondary N) is 1. The van der Waals surface area contributed by atoms with Crippen molar-refractivity contribution in [2.75, 3.05) is 37.6 Å². The van der Waals surface area contributed by atoms with Crippen molar-refractivity contribution in [3.63, 3.8) is 0 Å². The molecule has 6 N–H and O–H groups in total. The molecule has 0 atom stereocenters. The second-order valence-electron chi connectivity index (χ2n) is 14.1. The lowest BCUT2D eigenvalue weighted by atomic mass is 9.85. The standard InChI is InChI=1S/C22H24FN3O.C12H13FN2.C10H13NO2.CH4/c1-3-17-12-15(2)20(25)13-19(17)21(27)26-10-8-22(23,9-11-26)18-6-4-16(14-24)5-7-18;13-12(5-7-15-8-6-12)11-3-1-10(9-14)2-4-11;1-3-7-4-6(2)9(11)5-8(7)10(12)13;/h4-7,12-13H,3,8-11,25H2,1-2H3;1-4,15H,5-8H2;4-5H,3,11H2,1-2H3,(H,12,13);1H4. The van der Waals surface area contributed by atoms with Gasteiger partial charge in [-0.15, -0.1) is 0 Å².